The van der Waals surface area contributed by atoms with Crippen LogP contribution in [0.5, 0.6) is 0 Å². The van der Waals surface area contributed by atoms with Gasteiger partial charge in [-0.1, -0.05) is 12.1 Å². The summed E-state index contributed by atoms with van der Waals surface area (Å²) in [6.45, 7) is 1.68. The highest BCUT2D eigenvalue weighted by Gasteiger charge is 2.27. The third kappa shape index (κ3) is 2.20. The molecule has 0 spiro atoms. The molecule has 0 unspecified atom stereocenters. The second kappa shape index (κ2) is 4.56. The number of nitrogens with one attached hydrogen (secondary N) is 1. The quantitative estimate of drug-likeness (QED) is 0.686. The monoisotopic (exact) mass is 271 g/mol. The van der Waals surface area contributed by atoms with Crippen molar-refractivity contribution in [3.63, 3.8) is 0 Å². The zero-order chi connectivity index (χ0) is 14.3. The topological polar surface area (TPSA) is 88.9 Å². The van der Waals surface area contributed by atoms with E-state index in [9.17, 15) is 14.9 Å². The number of aromatic amines is 1. The fourth-order valence-corrected chi connectivity index (χ4v) is 2.15. The maximum Gasteiger partial charge on any atom is 0.270 e. The van der Waals surface area contributed by atoms with Crippen molar-refractivity contribution in [2.45, 2.75) is 25.7 Å². The van der Waals surface area contributed by atoms with Crippen molar-refractivity contribution in [3.05, 3.63) is 56.1 Å². The third-order valence-electron chi connectivity index (χ3n) is 3.46. The maximum atomic E-state index is 12.0. The Balaban J connectivity index is 2.15. The van der Waals surface area contributed by atoms with E-state index in [1.165, 1.54) is 12.1 Å². The van der Waals surface area contributed by atoms with Gasteiger partial charge in [0.1, 0.15) is 5.82 Å². The summed E-state index contributed by atoms with van der Waals surface area (Å²) in [6, 6.07) is 6.21. The van der Waals surface area contributed by atoms with Crippen molar-refractivity contribution < 1.29 is 4.92 Å². The lowest BCUT2D eigenvalue weighted by Gasteiger charge is -2.07. The molecule has 6 heteroatoms. The number of hydrogen-bond acceptors (Lipinski definition) is 4. The van der Waals surface area contributed by atoms with Crippen LogP contribution in [0.2, 0.25) is 0 Å². The van der Waals surface area contributed by atoms with Gasteiger partial charge in [-0.25, -0.2) is 4.98 Å². The number of H-pyrrole nitrogens is 1. The Morgan fingerprint density at radius 3 is 2.80 bits per heavy atom. The molecule has 0 aliphatic heterocycles. The Hall–Kier alpha value is -2.50. The Morgan fingerprint density at radius 2 is 2.15 bits per heavy atom. The minimum Gasteiger partial charge on any atom is -0.310 e. The fourth-order valence-electron chi connectivity index (χ4n) is 2.15. The second-order valence-electron chi connectivity index (χ2n) is 5.01. The van der Waals surface area contributed by atoms with E-state index in [1.54, 1.807) is 19.1 Å². The number of aromatic nitrogens is 2. The highest BCUT2D eigenvalue weighted by molar-refractivity contribution is 5.65. The van der Waals surface area contributed by atoms with Crippen LogP contribution >= 0.6 is 0 Å². The highest BCUT2D eigenvalue weighted by atomic mass is 16.6. The lowest BCUT2D eigenvalue weighted by molar-refractivity contribution is -0.384. The van der Waals surface area contributed by atoms with Gasteiger partial charge in [0, 0.05) is 29.2 Å². The molecule has 1 aromatic carbocycles. The first-order chi connectivity index (χ1) is 9.56. The first-order valence-electron chi connectivity index (χ1n) is 6.42. The summed E-state index contributed by atoms with van der Waals surface area (Å²) in [4.78, 5) is 29.6. The van der Waals surface area contributed by atoms with E-state index in [0.29, 0.717) is 28.6 Å². The zero-order valence-electron chi connectivity index (χ0n) is 10.9. The standard InChI is InChI=1S/C14H13N3O3/c1-8-12(10-3-2-4-11(7-10)17(19)20)15-13(9-5-6-9)16-14(8)18/h2-4,7,9H,5-6H2,1H3,(H,15,16,18). The Kier molecular flexibility index (Phi) is 2.85. The summed E-state index contributed by atoms with van der Waals surface area (Å²) >= 11 is 0. The lowest BCUT2D eigenvalue weighted by atomic mass is 10.1. The first kappa shape index (κ1) is 12.5. The van der Waals surface area contributed by atoms with Crippen LogP contribution in [-0.2, 0) is 0 Å². The van der Waals surface area contributed by atoms with E-state index in [4.69, 9.17) is 0 Å². The van der Waals surface area contributed by atoms with Crippen LogP contribution in [0, 0.1) is 17.0 Å². The van der Waals surface area contributed by atoms with E-state index >= 15 is 0 Å². The van der Waals surface area contributed by atoms with E-state index in [0.717, 1.165) is 12.8 Å². The van der Waals surface area contributed by atoms with Gasteiger partial charge in [-0.15, -0.1) is 0 Å². The molecule has 1 aliphatic rings. The van der Waals surface area contributed by atoms with Crippen LogP contribution in [-0.4, -0.2) is 14.9 Å². The maximum absolute atomic E-state index is 12.0. The number of hydrogen-bond donors (Lipinski definition) is 1. The van der Waals surface area contributed by atoms with E-state index in [-0.39, 0.29) is 11.2 Å². The fraction of sp³-hybridized carbons (Fsp3) is 0.286. The summed E-state index contributed by atoms with van der Waals surface area (Å²) in [6.07, 6.45) is 2.06. The van der Waals surface area contributed by atoms with Crippen LogP contribution in [0.1, 0.15) is 30.1 Å². The molecule has 0 radical (unpaired) electrons. The summed E-state index contributed by atoms with van der Waals surface area (Å²) in [5.74, 6) is 1.00. The summed E-state index contributed by atoms with van der Waals surface area (Å²) in [5, 5.41) is 10.8. The molecular formula is C14H13N3O3. The number of nitro groups is 1. The van der Waals surface area contributed by atoms with Crippen molar-refractivity contribution in [1.29, 1.82) is 0 Å². The van der Waals surface area contributed by atoms with Gasteiger partial charge in [-0.05, 0) is 19.8 Å². The molecule has 1 saturated carbocycles. The second-order valence-corrected chi connectivity index (χ2v) is 5.01. The predicted molar refractivity (Wildman–Crippen MR) is 73.7 cm³/mol. The van der Waals surface area contributed by atoms with Gasteiger partial charge in [0.15, 0.2) is 0 Å². The Labute approximate surface area is 114 Å². The number of rotatable bonds is 3. The lowest BCUT2D eigenvalue weighted by Crippen LogP contribution is -2.15. The zero-order valence-corrected chi connectivity index (χ0v) is 10.9. The minimum absolute atomic E-state index is 0.00282. The molecule has 6 nitrogen and oxygen atoms in total. The molecule has 3 rings (SSSR count). The molecule has 0 bridgehead atoms. The number of benzene rings is 1. The Bertz CT molecular complexity index is 748. The van der Waals surface area contributed by atoms with Crippen molar-refractivity contribution in [1.82, 2.24) is 9.97 Å². The molecule has 0 saturated heterocycles. The van der Waals surface area contributed by atoms with Gasteiger partial charge in [0.2, 0.25) is 0 Å². The predicted octanol–water partition coefficient (Wildman–Crippen LogP) is 2.53. The van der Waals surface area contributed by atoms with E-state index in [1.807, 2.05) is 0 Å². The Morgan fingerprint density at radius 1 is 1.40 bits per heavy atom. The normalized spacial score (nSPS) is 14.2. The van der Waals surface area contributed by atoms with Crippen LogP contribution < -0.4 is 5.56 Å². The molecule has 102 valence electrons. The van der Waals surface area contributed by atoms with Crippen molar-refractivity contribution in [2.24, 2.45) is 0 Å². The van der Waals surface area contributed by atoms with Crippen LogP contribution in [0.4, 0.5) is 5.69 Å². The van der Waals surface area contributed by atoms with Gasteiger partial charge in [-0.3, -0.25) is 14.9 Å². The highest BCUT2D eigenvalue weighted by Crippen LogP contribution is 2.38. The molecular weight excluding hydrogens is 258 g/mol. The van der Waals surface area contributed by atoms with Crippen molar-refractivity contribution in [3.8, 4) is 11.3 Å². The number of non-ortho nitro benzene ring substituents is 1. The molecule has 1 fully saturated rings. The first-order valence-corrected chi connectivity index (χ1v) is 6.42. The number of nitrogens with zero attached hydrogens (tertiary/aromatic N) is 2. The van der Waals surface area contributed by atoms with Crippen LogP contribution in [0.3, 0.4) is 0 Å². The van der Waals surface area contributed by atoms with Crippen molar-refractivity contribution in [2.75, 3.05) is 0 Å². The molecule has 0 amide bonds. The average Bonchev–Trinajstić information content (AvgIpc) is 3.26. The number of nitro benzene ring substituents is 1. The SMILES string of the molecule is Cc1c(-c2cccc([N+](=O)[O-])c2)nc(C2CC2)[nH]c1=O. The van der Waals surface area contributed by atoms with Gasteiger partial charge in [0.25, 0.3) is 11.2 Å². The van der Waals surface area contributed by atoms with Crippen LogP contribution in [0.25, 0.3) is 11.3 Å². The van der Waals surface area contributed by atoms with Crippen LogP contribution in [0.15, 0.2) is 29.1 Å². The summed E-state index contributed by atoms with van der Waals surface area (Å²) < 4.78 is 0. The van der Waals surface area contributed by atoms with Gasteiger partial charge < -0.3 is 4.98 Å². The molecule has 1 aromatic heterocycles. The average molecular weight is 271 g/mol. The van der Waals surface area contributed by atoms with Gasteiger partial charge in [0.05, 0.1) is 10.6 Å². The van der Waals surface area contributed by atoms with Gasteiger partial charge >= 0.3 is 0 Å². The molecule has 2 aromatic rings. The molecule has 1 heterocycles. The molecule has 1 aliphatic carbocycles. The molecule has 0 atom stereocenters. The van der Waals surface area contributed by atoms with E-state index < -0.39 is 4.92 Å². The minimum atomic E-state index is -0.451. The molecule has 1 N–H and O–H groups in total. The summed E-state index contributed by atoms with van der Waals surface area (Å²) in [5.41, 5.74) is 1.43. The molecule has 20 heavy (non-hydrogen) atoms. The van der Waals surface area contributed by atoms with Gasteiger partial charge in [-0.2, -0.15) is 0 Å². The van der Waals surface area contributed by atoms with E-state index in [2.05, 4.69) is 9.97 Å². The third-order valence-corrected chi connectivity index (χ3v) is 3.46. The largest absolute Gasteiger partial charge is 0.310 e. The smallest absolute Gasteiger partial charge is 0.270 e. The van der Waals surface area contributed by atoms with Crippen molar-refractivity contribution >= 4 is 5.69 Å². The summed E-state index contributed by atoms with van der Waals surface area (Å²) in [7, 11) is 0.